The molecule has 8 aromatic carbocycles. The van der Waals surface area contributed by atoms with Crippen LogP contribution in [-0.4, -0.2) is 0 Å². The first-order valence-electron chi connectivity index (χ1n) is 20.1. The topological polar surface area (TPSA) is 9.23 Å². The molecule has 1 spiro atoms. The first-order chi connectivity index (χ1) is 27.3. The Kier molecular flexibility index (Phi) is 7.62. The van der Waals surface area contributed by atoms with Crippen LogP contribution in [0.15, 0.2) is 170 Å². The SMILES string of the molecule is c1cc(-c2ccc3c(c2)CCCCCCCc2ccccc2-3)cc(-c2cc3c(c4ccccc24)Oc2ccccc2C32c3ccccc3-c3ccccc32)c1. The van der Waals surface area contributed by atoms with Gasteiger partial charge in [0.15, 0.2) is 0 Å². The molecule has 1 heterocycles. The summed E-state index contributed by atoms with van der Waals surface area (Å²) in [7, 11) is 0. The van der Waals surface area contributed by atoms with Crippen LogP contribution >= 0.6 is 0 Å². The summed E-state index contributed by atoms with van der Waals surface area (Å²) in [6.45, 7) is 0. The first-order valence-corrected chi connectivity index (χ1v) is 20.1. The van der Waals surface area contributed by atoms with Crippen molar-refractivity contribution in [3.63, 3.8) is 0 Å². The van der Waals surface area contributed by atoms with Crippen LogP contribution in [0.3, 0.4) is 0 Å². The van der Waals surface area contributed by atoms with Crippen molar-refractivity contribution in [2.75, 3.05) is 0 Å². The van der Waals surface area contributed by atoms with Gasteiger partial charge in [-0.3, -0.25) is 0 Å². The molecule has 0 radical (unpaired) electrons. The third-order valence-electron chi connectivity index (χ3n) is 12.7. The average molecular weight is 707 g/mol. The number of rotatable bonds is 2. The van der Waals surface area contributed by atoms with Crippen molar-refractivity contribution >= 4 is 10.8 Å². The van der Waals surface area contributed by atoms with E-state index in [-0.39, 0.29) is 0 Å². The highest BCUT2D eigenvalue weighted by atomic mass is 16.5. The Morgan fingerprint density at radius 3 is 1.73 bits per heavy atom. The molecule has 0 bridgehead atoms. The van der Waals surface area contributed by atoms with Gasteiger partial charge in [0.25, 0.3) is 0 Å². The Hall–Kier alpha value is -6.18. The van der Waals surface area contributed by atoms with Gasteiger partial charge in [-0.1, -0.05) is 171 Å². The fraction of sp³-hybridized carbons (Fsp3) is 0.148. The lowest BCUT2D eigenvalue weighted by atomic mass is 9.65. The van der Waals surface area contributed by atoms with Gasteiger partial charge in [-0.05, 0) is 116 Å². The monoisotopic (exact) mass is 706 g/mol. The van der Waals surface area contributed by atoms with Crippen molar-refractivity contribution < 1.29 is 4.74 Å². The maximum atomic E-state index is 7.01. The molecule has 1 heteroatoms. The lowest BCUT2D eigenvalue weighted by Gasteiger charge is -2.40. The van der Waals surface area contributed by atoms with Crippen LogP contribution in [0.4, 0.5) is 0 Å². The van der Waals surface area contributed by atoms with Crippen molar-refractivity contribution in [1.82, 2.24) is 0 Å². The lowest BCUT2D eigenvalue weighted by molar-refractivity contribution is 0.442. The molecule has 0 unspecified atom stereocenters. The highest BCUT2D eigenvalue weighted by Crippen LogP contribution is 2.63. The van der Waals surface area contributed by atoms with Gasteiger partial charge in [0.1, 0.15) is 11.5 Å². The molecule has 0 amide bonds. The van der Waals surface area contributed by atoms with Crippen molar-refractivity contribution in [1.29, 1.82) is 0 Å². The van der Waals surface area contributed by atoms with Crippen molar-refractivity contribution in [3.8, 4) is 56.0 Å². The lowest BCUT2D eigenvalue weighted by Crippen LogP contribution is -2.32. The zero-order chi connectivity index (χ0) is 36.3. The Labute approximate surface area is 323 Å². The van der Waals surface area contributed by atoms with Gasteiger partial charge >= 0.3 is 0 Å². The third-order valence-corrected chi connectivity index (χ3v) is 12.7. The van der Waals surface area contributed by atoms with Gasteiger partial charge in [-0.25, -0.2) is 0 Å². The fourth-order valence-corrected chi connectivity index (χ4v) is 10.2. The van der Waals surface area contributed by atoms with E-state index in [4.69, 9.17) is 4.74 Å². The summed E-state index contributed by atoms with van der Waals surface area (Å²) in [4.78, 5) is 0. The largest absolute Gasteiger partial charge is 0.456 e. The molecule has 11 rings (SSSR count). The standard InChI is InChI=1S/C54H42O/c1-2-4-17-36-18-6-7-22-41(36)42-32-31-38(34-39(42)19-5-3-1)37-20-16-21-40(33-37)47-35-51-53(46-26-9-8-23-43(46)47)55-52-30-15-14-29-50(52)54(51)48-27-12-10-24-44(48)45-25-11-13-28-49(45)54/h6-16,18,20-35H,1-5,17,19H2. The predicted octanol–water partition coefficient (Wildman–Crippen LogP) is 14.4. The van der Waals surface area contributed by atoms with Crippen LogP contribution in [0, 0.1) is 0 Å². The molecule has 0 N–H and O–H groups in total. The normalized spacial score (nSPS) is 15.1. The number of hydrogen-bond donors (Lipinski definition) is 0. The van der Waals surface area contributed by atoms with Gasteiger partial charge in [0.2, 0.25) is 0 Å². The molecule has 0 fully saturated rings. The number of benzene rings is 8. The van der Waals surface area contributed by atoms with Crippen molar-refractivity contribution in [2.24, 2.45) is 0 Å². The minimum Gasteiger partial charge on any atom is -0.456 e. The highest BCUT2D eigenvalue weighted by Gasteiger charge is 2.51. The smallest absolute Gasteiger partial charge is 0.140 e. The summed E-state index contributed by atoms with van der Waals surface area (Å²) in [6.07, 6.45) is 8.71. The number of hydrogen-bond acceptors (Lipinski definition) is 1. The van der Waals surface area contributed by atoms with E-state index in [0.29, 0.717) is 0 Å². The molecule has 2 aliphatic carbocycles. The van der Waals surface area contributed by atoms with E-state index in [0.717, 1.165) is 29.7 Å². The molecule has 264 valence electrons. The Balaban J connectivity index is 1.11. The molecular formula is C54H42O. The minimum absolute atomic E-state index is 0.518. The second-order valence-corrected chi connectivity index (χ2v) is 15.7. The molecule has 0 saturated heterocycles. The number of aryl methyl sites for hydroxylation is 2. The van der Waals surface area contributed by atoms with Gasteiger partial charge in [-0.15, -0.1) is 0 Å². The molecule has 3 aliphatic rings. The van der Waals surface area contributed by atoms with E-state index >= 15 is 0 Å². The van der Waals surface area contributed by atoms with E-state index < -0.39 is 5.41 Å². The quantitative estimate of drug-likeness (QED) is 0.174. The highest BCUT2D eigenvalue weighted by molar-refractivity contribution is 6.04. The summed E-state index contributed by atoms with van der Waals surface area (Å²) in [5.41, 5.74) is 17.8. The van der Waals surface area contributed by atoms with Crippen LogP contribution < -0.4 is 4.74 Å². The predicted molar refractivity (Wildman–Crippen MR) is 228 cm³/mol. The number of para-hydroxylation sites is 1. The van der Waals surface area contributed by atoms with Crippen molar-refractivity contribution in [3.05, 3.63) is 203 Å². The maximum absolute atomic E-state index is 7.01. The Morgan fingerprint density at radius 1 is 0.345 bits per heavy atom. The molecule has 1 nitrogen and oxygen atoms in total. The van der Waals surface area contributed by atoms with E-state index in [9.17, 15) is 0 Å². The van der Waals surface area contributed by atoms with Crippen LogP contribution in [0.2, 0.25) is 0 Å². The Bertz CT molecular complexity index is 2740. The number of fused-ring (bicyclic) bond motifs is 14. The summed E-state index contributed by atoms with van der Waals surface area (Å²) < 4.78 is 7.01. The van der Waals surface area contributed by atoms with Gasteiger partial charge in [0, 0.05) is 16.5 Å². The molecule has 0 aromatic heterocycles. The summed E-state index contributed by atoms with van der Waals surface area (Å²) in [5, 5.41) is 2.34. The minimum atomic E-state index is -0.518. The maximum Gasteiger partial charge on any atom is 0.140 e. The summed E-state index contributed by atoms with van der Waals surface area (Å²) in [6, 6.07) is 63.5. The van der Waals surface area contributed by atoms with E-state index in [2.05, 4.69) is 170 Å². The molecule has 55 heavy (non-hydrogen) atoms. The molecular weight excluding hydrogens is 665 g/mol. The van der Waals surface area contributed by atoms with Gasteiger partial charge < -0.3 is 4.74 Å². The molecule has 8 aromatic rings. The van der Waals surface area contributed by atoms with Crippen LogP contribution in [-0.2, 0) is 18.3 Å². The number of ether oxygens (including phenoxy) is 1. The van der Waals surface area contributed by atoms with Crippen LogP contribution in [0.1, 0.15) is 65.5 Å². The average Bonchev–Trinajstić information content (AvgIpc) is 3.52. The summed E-state index contributed by atoms with van der Waals surface area (Å²) in [5.74, 6) is 1.87. The van der Waals surface area contributed by atoms with Gasteiger partial charge in [-0.2, -0.15) is 0 Å². The van der Waals surface area contributed by atoms with E-state index in [1.165, 1.54) is 115 Å². The zero-order valence-electron chi connectivity index (χ0n) is 31.0. The molecule has 0 atom stereocenters. The van der Waals surface area contributed by atoms with E-state index in [1.54, 1.807) is 0 Å². The zero-order valence-corrected chi connectivity index (χ0v) is 31.0. The fourth-order valence-electron chi connectivity index (χ4n) is 10.2. The van der Waals surface area contributed by atoms with Crippen LogP contribution in [0.5, 0.6) is 11.5 Å². The Morgan fingerprint density at radius 2 is 0.927 bits per heavy atom. The van der Waals surface area contributed by atoms with Crippen LogP contribution in [0.25, 0.3) is 55.3 Å². The van der Waals surface area contributed by atoms with Gasteiger partial charge in [0.05, 0.1) is 5.41 Å². The first kappa shape index (κ1) is 32.3. The second-order valence-electron chi connectivity index (χ2n) is 15.7. The molecule has 1 aliphatic heterocycles. The third kappa shape index (κ3) is 4.99. The van der Waals surface area contributed by atoms with Crippen molar-refractivity contribution in [2.45, 2.75) is 50.4 Å². The summed E-state index contributed by atoms with van der Waals surface area (Å²) >= 11 is 0. The second kappa shape index (κ2) is 13.0. The van der Waals surface area contributed by atoms with E-state index in [1.807, 2.05) is 0 Å². The molecule has 0 saturated carbocycles.